The Bertz CT molecular complexity index is 1130. The van der Waals surface area contributed by atoms with Gasteiger partial charge in [0.25, 0.3) is 5.91 Å². The highest BCUT2D eigenvalue weighted by Crippen LogP contribution is 2.15. The summed E-state index contributed by atoms with van der Waals surface area (Å²) in [5.41, 5.74) is -0.457. The van der Waals surface area contributed by atoms with Crippen LogP contribution >= 0.6 is 0 Å². The summed E-state index contributed by atoms with van der Waals surface area (Å²) < 4.78 is 32.9. The van der Waals surface area contributed by atoms with Crippen LogP contribution in [0.4, 0.5) is 14.5 Å². The molecule has 7 nitrogen and oxygen atoms in total. The zero-order chi connectivity index (χ0) is 21.0. The van der Waals surface area contributed by atoms with Gasteiger partial charge in [-0.05, 0) is 31.2 Å². The Morgan fingerprint density at radius 2 is 1.83 bits per heavy atom. The van der Waals surface area contributed by atoms with E-state index in [4.69, 9.17) is 4.74 Å². The van der Waals surface area contributed by atoms with Gasteiger partial charge in [0.1, 0.15) is 11.6 Å². The summed E-state index contributed by atoms with van der Waals surface area (Å²) in [6.07, 6.45) is 0. The zero-order valence-corrected chi connectivity index (χ0v) is 15.2. The molecular weight excluding hydrogens is 384 g/mol. The van der Waals surface area contributed by atoms with Gasteiger partial charge in [0.2, 0.25) is 11.1 Å². The van der Waals surface area contributed by atoms with Crippen molar-refractivity contribution in [2.75, 3.05) is 11.9 Å². The molecule has 0 aliphatic heterocycles. The first kappa shape index (κ1) is 19.9. The second-order valence-corrected chi connectivity index (χ2v) is 5.99. The normalized spacial score (nSPS) is 10.4. The van der Waals surface area contributed by atoms with Crippen molar-refractivity contribution in [1.29, 1.82) is 0 Å². The molecule has 9 heteroatoms. The van der Waals surface area contributed by atoms with Gasteiger partial charge in [0.05, 0.1) is 11.4 Å². The smallest absolute Gasteiger partial charge is 0.363 e. The molecule has 29 heavy (non-hydrogen) atoms. The quantitative estimate of drug-likeness (QED) is 0.666. The fraction of sp³-hybridized carbons (Fsp3) is 0.100. The number of aryl methyl sites for hydroxylation is 1. The third-order valence-electron chi connectivity index (χ3n) is 3.84. The second-order valence-electron chi connectivity index (χ2n) is 5.99. The first-order valence-corrected chi connectivity index (χ1v) is 8.43. The number of hydrogen-bond donors (Lipinski definition) is 1. The van der Waals surface area contributed by atoms with Gasteiger partial charge in [-0.25, -0.2) is 18.3 Å². The van der Waals surface area contributed by atoms with E-state index in [-0.39, 0.29) is 0 Å². The summed E-state index contributed by atoms with van der Waals surface area (Å²) in [5.74, 6) is -3.62. The minimum absolute atomic E-state index is 0.397. The predicted molar refractivity (Wildman–Crippen MR) is 99.8 cm³/mol. The molecule has 0 aliphatic carbocycles. The fourth-order valence-corrected chi connectivity index (χ4v) is 2.50. The number of amides is 1. The Balaban J connectivity index is 1.73. The summed E-state index contributed by atoms with van der Waals surface area (Å²) in [6, 6.07) is 12.6. The maximum absolute atomic E-state index is 13.5. The topological polar surface area (TPSA) is 90.3 Å². The van der Waals surface area contributed by atoms with Gasteiger partial charge in [-0.2, -0.15) is 5.10 Å². The van der Waals surface area contributed by atoms with Crippen LogP contribution < -0.4 is 10.7 Å². The average molecular weight is 399 g/mol. The fourth-order valence-electron chi connectivity index (χ4n) is 2.50. The Hall–Kier alpha value is -3.88. The van der Waals surface area contributed by atoms with E-state index >= 15 is 0 Å². The van der Waals surface area contributed by atoms with Crippen LogP contribution in [0.3, 0.4) is 0 Å². The van der Waals surface area contributed by atoms with E-state index in [0.29, 0.717) is 11.4 Å². The number of rotatable bonds is 5. The van der Waals surface area contributed by atoms with Gasteiger partial charge in [-0.15, -0.1) is 0 Å². The van der Waals surface area contributed by atoms with E-state index in [2.05, 4.69) is 10.4 Å². The molecule has 1 aromatic heterocycles. The zero-order valence-electron chi connectivity index (χ0n) is 15.2. The lowest BCUT2D eigenvalue weighted by Gasteiger charge is -2.11. The highest BCUT2D eigenvalue weighted by atomic mass is 19.1. The first-order chi connectivity index (χ1) is 13.8. The third kappa shape index (κ3) is 4.70. The minimum Gasteiger partial charge on any atom is -0.451 e. The van der Waals surface area contributed by atoms with Crippen molar-refractivity contribution in [3.05, 3.63) is 87.8 Å². The molecule has 148 valence electrons. The SMILES string of the molecule is Cc1cc(=O)c(C(=O)OCC(=O)Nc2cc(F)ccc2F)nn1-c1ccccc1. The number of nitrogens with one attached hydrogen (secondary N) is 1. The molecule has 0 saturated carbocycles. The number of aromatic nitrogens is 2. The Morgan fingerprint density at radius 1 is 1.10 bits per heavy atom. The molecule has 0 radical (unpaired) electrons. The highest BCUT2D eigenvalue weighted by molar-refractivity contribution is 5.94. The number of halogens is 2. The summed E-state index contributed by atoms with van der Waals surface area (Å²) in [6.45, 7) is 0.840. The van der Waals surface area contributed by atoms with E-state index < -0.39 is 46.9 Å². The number of carbonyl (C=O) groups is 2. The number of anilines is 1. The van der Waals surface area contributed by atoms with Crippen LogP contribution in [-0.2, 0) is 9.53 Å². The summed E-state index contributed by atoms with van der Waals surface area (Å²) in [7, 11) is 0. The average Bonchev–Trinajstić information content (AvgIpc) is 2.69. The molecule has 0 fully saturated rings. The van der Waals surface area contributed by atoms with Crippen LogP contribution in [0, 0.1) is 18.6 Å². The van der Waals surface area contributed by atoms with Crippen molar-refractivity contribution in [2.45, 2.75) is 6.92 Å². The third-order valence-corrected chi connectivity index (χ3v) is 3.84. The number of esters is 1. The van der Waals surface area contributed by atoms with Crippen LogP contribution in [0.5, 0.6) is 0 Å². The number of para-hydroxylation sites is 1. The molecule has 0 saturated heterocycles. The van der Waals surface area contributed by atoms with Crippen molar-refractivity contribution in [3.63, 3.8) is 0 Å². The molecule has 0 atom stereocenters. The minimum atomic E-state index is -1.12. The van der Waals surface area contributed by atoms with Crippen LogP contribution in [-0.4, -0.2) is 28.3 Å². The molecule has 0 spiro atoms. The Labute approximate surface area is 163 Å². The maximum atomic E-state index is 13.5. The molecule has 2 aromatic carbocycles. The van der Waals surface area contributed by atoms with Crippen molar-refractivity contribution in [3.8, 4) is 5.69 Å². The van der Waals surface area contributed by atoms with Crippen molar-refractivity contribution >= 4 is 17.6 Å². The molecule has 3 aromatic rings. The van der Waals surface area contributed by atoms with Gasteiger partial charge in [-0.1, -0.05) is 18.2 Å². The summed E-state index contributed by atoms with van der Waals surface area (Å²) in [4.78, 5) is 36.2. The molecule has 1 amide bonds. The van der Waals surface area contributed by atoms with Crippen molar-refractivity contribution < 1.29 is 23.1 Å². The largest absolute Gasteiger partial charge is 0.451 e. The monoisotopic (exact) mass is 399 g/mol. The molecule has 0 aliphatic rings. The van der Waals surface area contributed by atoms with Crippen LogP contribution in [0.2, 0.25) is 0 Å². The summed E-state index contributed by atoms with van der Waals surface area (Å²) in [5, 5.41) is 6.10. The van der Waals surface area contributed by atoms with Gasteiger partial charge in [0.15, 0.2) is 6.61 Å². The number of nitrogens with zero attached hydrogens (tertiary/aromatic N) is 2. The molecule has 0 unspecified atom stereocenters. The highest BCUT2D eigenvalue weighted by Gasteiger charge is 2.18. The standard InChI is InChI=1S/C20H15F2N3O4/c1-12-9-17(26)19(24-25(12)14-5-3-2-4-6-14)20(28)29-11-18(27)23-16-10-13(21)7-8-15(16)22/h2-10H,11H2,1H3,(H,23,27). The van der Waals surface area contributed by atoms with E-state index in [0.717, 1.165) is 18.2 Å². The van der Waals surface area contributed by atoms with E-state index in [1.54, 1.807) is 37.3 Å². The van der Waals surface area contributed by atoms with Gasteiger partial charge >= 0.3 is 5.97 Å². The number of hydrogen-bond acceptors (Lipinski definition) is 5. The maximum Gasteiger partial charge on any atom is 0.363 e. The van der Waals surface area contributed by atoms with Gasteiger partial charge in [-0.3, -0.25) is 9.59 Å². The predicted octanol–water partition coefficient (Wildman–Crippen LogP) is 2.61. The molecule has 1 N–H and O–H groups in total. The lowest BCUT2D eigenvalue weighted by molar-refractivity contribution is -0.119. The van der Waals surface area contributed by atoms with Crippen LogP contribution in [0.15, 0.2) is 59.4 Å². The van der Waals surface area contributed by atoms with Crippen LogP contribution in [0.1, 0.15) is 16.2 Å². The molecule has 0 bridgehead atoms. The van der Waals surface area contributed by atoms with Crippen molar-refractivity contribution in [2.24, 2.45) is 0 Å². The van der Waals surface area contributed by atoms with E-state index in [1.165, 1.54) is 10.7 Å². The first-order valence-electron chi connectivity index (χ1n) is 8.43. The molecular formula is C20H15F2N3O4. The van der Waals surface area contributed by atoms with Gasteiger partial charge in [0, 0.05) is 17.8 Å². The number of carbonyl (C=O) groups excluding carboxylic acids is 2. The van der Waals surface area contributed by atoms with Crippen LogP contribution in [0.25, 0.3) is 5.69 Å². The van der Waals surface area contributed by atoms with E-state index in [9.17, 15) is 23.2 Å². The van der Waals surface area contributed by atoms with E-state index in [1.807, 2.05) is 0 Å². The van der Waals surface area contributed by atoms with Crippen molar-refractivity contribution in [1.82, 2.24) is 9.78 Å². The lowest BCUT2D eigenvalue weighted by Crippen LogP contribution is -2.27. The lowest BCUT2D eigenvalue weighted by atomic mass is 10.3. The van der Waals surface area contributed by atoms with Gasteiger partial charge < -0.3 is 10.1 Å². The summed E-state index contributed by atoms with van der Waals surface area (Å²) >= 11 is 0. The number of benzene rings is 2. The Kier molecular flexibility index (Phi) is 5.77. The molecule has 1 heterocycles. The second kappa shape index (κ2) is 8.42. The Morgan fingerprint density at radius 3 is 2.55 bits per heavy atom. The molecule has 3 rings (SSSR count). The number of ether oxygens (including phenoxy) is 1.